The monoisotopic (exact) mass is 336 g/mol. The second-order valence-electron chi connectivity index (χ2n) is 7.12. The first kappa shape index (κ1) is 17.4. The number of nitrogens with one attached hydrogen (secondary N) is 1. The average molecular weight is 336 g/mol. The van der Waals surface area contributed by atoms with Gasteiger partial charge in [0, 0.05) is 31.7 Å². The number of anilines is 1. The third-order valence-corrected chi connectivity index (χ3v) is 4.70. The van der Waals surface area contributed by atoms with Gasteiger partial charge in [0.15, 0.2) is 0 Å². The number of nitrogens with zero attached hydrogens (tertiary/aromatic N) is 3. The van der Waals surface area contributed by atoms with Crippen molar-refractivity contribution in [2.24, 2.45) is 0 Å². The third-order valence-electron chi connectivity index (χ3n) is 4.70. The van der Waals surface area contributed by atoms with E-state index in [1.54, 1.807) is 6.07 Å². The molecule has 2 saturated heterocycles. The van der Waals surface area contributed by atoms with Crippen LogP contribution in [0.15, 0.2) is 10.6 Å². The summed E-state index contributed by atoms with van der Waals surface area (Å²) in [5.74, 6) is 0.380. The van der Waals surface area contributed by atoms with E-state index in [2.05, 4.69) is 34.1 Å². The van der Waals surface area contributed by atoms with E-state index in [0.717, 1.165) is 44.7 Å². The Hall–Kier alpha value is -1.44. The number of ether oxygens (including phenoxy) is 1. The number of carbonyl (C=O) groups excluding carboxylic acids is 1. The van der Waals surface area contributed by atoms with E-state index in [1.807, 2.05) is 6.92 Å². The minimum Gasteiger partial charge on any atom is -0.373 e. The zero-order chi connectivity index (χ0) is 17.1. The predicted octanol–water partition coefficient (Wildman–Crippen LogP) is 1.50. The Bertz CT molecular complexity index is 552. The molecule has 1 N–H and O–H groups in total. The zero-order valence-corrected chi connectivity index (χ0v) is 14.8. The molecule has 134 valence electrons. The van der Waals surface area contributed by atoms with Gasteiger partial charge in [0.2, 0.25) is 11.8 Å². The Balaban J connectivity index is 1.50. The van der Waals surface area contributed by atoms with Crippen LogP contribution in [-0.4, -0.2) is 71.8 Å². The molecular formula is C17H28N4O3. The minimum absolute atomic E-state index is 0.0400. The Morgan fingerprint density at radius 3 is 2.79 bits per heavy atom. The summed E-state index contributed by atoms with van der Waals surface area (Å²) in [5.41, 5.74) is 0.764. The molecule has 0 saturated carbocycles. The summed E-state index contributed by atoms with van der Waals surface area (Å²) < 4.78 is 10.9. The molecule has 0 unspecified atom stereocenters. The molecule has 0 spiro atoms. The van der Waals surface area contributed by atoms with E-state index in [0.29, 0.717) is 18.5 Å². The number of likely N-dealkylation sites (tertiary alicyclic amines) is 1. The van der Waals surface area contributed by atoms with E-state index in [1.165, 1.54) is 0 Å². The van der Waals surface area contributed by atoms with Crippen molar-refractivity contribution in [1.29, 1.82) is 0 Å². The van der Waals surface area contributed by atoms with Crippen LogP contribution in [0.5, 0.6) is 0 Å². The fourth-order valence-corrected chi connectivity index (χ4v) is 3.83. The number of morpholine rings is 1. The van der Waals surface area contributed by atoms with E-state index >= 15 is 0 Å². The highest BCUT2D eigenvalue weighted by atomic mass is 16.5. The molecule has 7 nitrogen and oxygen atoms in total. The lowest BCUT2D eigenvalue weighted by Gasteiger charge is -2.38. The van der Waals surface area contributed by atoms with Crippen molar-refractivity contribution in [1.82, 2.24) is 15.0 Å². The molecule has 3 heterocycles. The molecule has 2 fully saturated rings. The molecular weight excluding hydrogens is 308 g/mol. The van der Waals surface area contributed by atoms with Gasteiger partial charge in [-0.25, -0.2) is 0 Å². The normalized spacial score (nSPS) is 29.0. The van der Waals surface area contributed by atoms with Crippen molar-refractivity contribution in [3.63, 3.8) is 0 Å². The van der Waals surface area contributed by atoms with Crippen LogP contribution in [-0.2, 0) is 9.53 Å². The molecule has 0 aliphatic carbocycles. The molecule has 1 aromatic rings. The maximum atomic E-state index is 12.2. The summed E-state index contributed by atoms with van der Waals surface area (Å²) in [6, 6.07) is 2.17. The van der Waals surface area contributed by atoms with Crippen molar-refractivity contribution in [3.8, 4) is 0 Å². The Kier molecular flexibility index (Phi) is 5.53. The number of hydrogen-bond acceptors (Lipinski definition) is 6. The SMILES string of the molecule is Cc1cc(NC(=O)CN2CCC[C@@H]2CN2C[C@@H](C)O[C@@H](C)C2)on1. The molecule has 24 heavy (non-hydrogen) atoms. The number of aromatic nitrogens is 1. The maximum absolute atomic E-state index is 12.2. The summed E-state index contributed by atoms with van der Waals surface area (Å²) in [6.45, 7) is 10.4. The summed E-state index contributed by atoms with van der Waals surface area (Å²) in [6.07, 6.45) is 2.85. The van der Waals surface area contributed by atoms with Crippen LogP contribution >= 0.6 is 0 Å². The lowest BCUT2D eigenvalue weighted by molar-refractivity contribution is -0.118. The first-order valence-corrected chi connectivity index (χ1v) is 8.84. The van der Waals surface area contributed by atoms with Crippen LogP contribution in [0.25, 0.3) is 0 Å². The van der Waals surface area contributed by atoms with Crippen LogP contribution in [0, 0.1) is 6.92 Å². The molecule has 2 aliphatic rings. The first-order valence-electron chi connectivity index (χ1n) is 8.84. The van der Waals surface area contributed by atoms with E-state index in [4.69, 9.17) is 9.26 Å². The van der Waals surface area contributed by atoms with Gasteiger partial charge in [-0.15, -0.1) is 0 Å². The number of carbonyl (C=O) groups is 1. The summed E-state index contributed by atoms with van der Waals surface area (Å²) in [5, 5.41) is 6.57. The Morgan fingerprint density at radius 2 is 2.12 bits per heavy atom. The first-order chi connectivity index (χ1) is 11.5. The highest BCUT2D eigenvalue weighted by Crippen LogP contribution is 2.20. The van der Waals surface area contributed by atoms with Gasteiger partial charge in [0.05, 0.1) is 24.4 Å². The Morgan fingerprint density at radius 1 is 1.38 bits per heavy atom. The third kappa shape index (κ3) is 4.55. The molecule has 3 atom stereocenters. The topological polar surface area (TPSA) is 70.8 Å². The lowest BCUT2D eigenvalue weighted by atomic mass is 10.1. The van der Waals surface area contributed by atoms with Gasteiger partial charge in [-0.2, -0.15) is 0 Å². The van der Waals surface area contributed by atoms with Crippen molar-refractivity contribution >= 4 is 11.8 Å². The fraction of sp³-hybridized carbons (Fsp3) is 0.765. The molecule has 0 bridgehead atoms. The van der Waals surface area contributed by atoms with Gasteiger partial charge in [0.1, 0.15) is 0 Å². The van der Waals surface area contributed by atoms with Gasteiger partial charge in [-0.3, -0.25) is 19.9 Å². The van der Waals surface area contributed by atoms with Gasteiger partial charge in [-0.05, 0) is 40.2 Å². The number of aryl methyl sites for hydroxylation is 1. The fourth-order valence-electron chi connectivity index (χ4n) is 3.83. The Labute approximate surface area is 143 Å². The van der Waals surface area contributed by atoms with Gasteiger partial charge < -0.3 is 9.26 Å². The van der Waals surface area contributed by atoms with Gasteiger partial charge in [0.25, 0.3) is 0 Å². The van der Waals surface area contributed by atoms with E-state index in [-0.39, 0.29) is 18.1 Å². The van der Waals surface area contributed by atoms with Crippen molar-refractivity contribution in [2.45, 2.75) is 51.9 Å². The number of hydrogen-bond donors (Lipinski definition) is 1. The molecule has 7 heteroatoms. The standard InChI is InChI=1S/C17H28N4O3/c1-12-7-17(24-19-12)18-16(22)11-21-6-4-5-15(21)10-20-8-13(2)23-14(3)9-20/h7,13-15H,4-6,8-11H2,1-3H3,(H,18,22)/t13-,14+,15-/m1/s1. The van der Waals surface area contributed by atoms with Crippen LogP contribution in [0.2, 0.25) is 0 Å². The van der Waals surface area contributed by atoms with Crippen molar-refractivity contribution < 1.29 is 14.1 Å². The molecule has 1 aromatic heterocycles. The van der Waals surface area contributed by atoms with Gasteiger partial charge in [-0.1, -0.05) is 5.16 Å². The van der Waals surface area contributed by atoms with Crippen molar-refractivity contribution in [3.05, 3.63) is 11.8 Å². The van der Waals surface area contributed by atoms with Crippen LogP contribution in [0.3, 0.4) is 0 Å². The zero-order valence-electron chi connectivity index (χ0n) is 14.8. The molecule has 0 aromatic carbocycles. The minimum atomic E-state index is -0.0400. The second-order valence-corrected chi connectivity index (χ2v) is 7.12. The lowest BCUT2D eigenvalue weighted by Crippen LogP contribution is -2.50. The smallest absolute Gasteiger partial charge is 0.240 e. The maximum Gasteiger partial charge on any atom is 0.240 e. The van der Waals surface area contributed by atoms with E-state index in [9.17, 15) is 4.79 Å². The molecule has 3 rings (SSSR count). The van der Waals surface area contributed by atoms with Crippen LogP contribution < -0.4 is 5.32 Å². The molecule has 2 aliphatic heterocycles. The quantitative estimate of drug-likeness (QED) is 0.878. The number of rotatable bonds is 5. The molecule has 1 amide bonds. The summed E-state index contributed by atoms with van der Waals surface area (Å²) in [4.78, 5) is 17.0. The summed E-state index contributed by atoms with van der Waals surface area (Å²) in [7, 11) is 0. The largest absolute Gasteiger partial charge is 0.373 e. The second kappa shape index (κ2) is 7.63. The number of amides is 1. The van der Waals surface area contributed by atoms with Gasteiger partial charge >= 0.3 is 0 Å². The van der Waals surface area contributed by atoms with Crippen LogP contribution in [0.1, 0.15) is 32.4 Å². The predicted molar refractivity (Wildman–Crippen MR) is 90.9 cm³/mol. The highest BCUT2D eigenvalue weighted by molar-refractivity contribution is 5.91. The van der Waals surface area contributed by atoms with Crippen molar-refractivity contribution in [2.75, 3.05) is 38.0 Å². The average Bonchev–Trinajstić information content (AvgIpc) is 3.07. The van der Waals surface area contributed by atoms with Crippen LogP contribution in [0.4, 0.5) is 5.88 Å². The summed E-state index contributed by atoms with van der Waals surface area (Å²) >= 11 is 0. The molecule has 0 radical (unpaired) electrons. The highest BCUT2D eigenvalue weighted by Gasteiger charge is 2.30. The van der Waals surface area contributed by atoms with E-state index < -0.39 is 0 Å².